The molecule has 0 atom stereocenters. The van der Waals surface area contributed by atoms with E-state index in [-0.39, 0.29) is 0 Å². The largest absolute Gasteiger partial charge is 0.228 e. The van der Waals surface area contributed by atoms with Gasteiger partial charge in [-0.05, 0) is 51.7 Å². The molecule has 0 aliphatic carbocycles. The minimum atomic E-state index is -3.33. The lowest BCUT2D eigenvalue weighted by atomic mass is 10.0. The molecule has 0 amide bonds. The van der Waals surface area contributed by atoms with Crippen LogP contribution >= 0.6 is 0 Å². The van der Waals surface area contributed by atoms with Gasteiger partial charge in [0.25, 0.3) is 0 Å². The van der Waals surface area contributed by atoms with Gasteiger partial charge in [-0.1, -0.05) is 60.7 Å². The van der Waals surface area contributed by atoms with E-state index >= 15 is 0 Å². The lowest BCUT2D eigenvalue weighted by Gasteiger charge is -2.35. The van der Waals surface area contributed by atoms with E-state index in [1.807, 2.05) is 88.4 Å². The third-order valence-corrected chi connectivity index (χ3v) is 7.60. The molecule has 0 unspecified atom stereocenters. The Bertz CT molecular complexity index is 670. The summed E-state index contributed by atoms with van der Waals surface area (Å²) in [5.74, 6) is 0. The second kappa shape index (κ2) is 6.48. The second-order valence-corrected chi connectivity index (χ2v) is 10.6. The average Bonchev–Trinajstić information content (AvgIpc) is 2.48. The molecule has 2 nitrogen and oxygen atoms in total. The van der Waals surface area contributed by atoms with Gasteiger partial charge in [-0.15, -0.1) is 0 Å². The molecular formula is C20H26O2S. The smallest absolute Gasteiger partial charge is 0.161 e. The maximum Gasteiger partial charge on any atom is 0.161 e. The Hall–Kier alpha value is -1.61. The van der Waals surface area contributed by atoms with Crippen molar-refractivity contribution in [2.24, 2.45) is 0 Å². The van der Waals surface area contributed by atoms with Gasteiger partial charge in [0.15, 0.2) is 9.84 Å². The van der Waals surface area contributed by atoms with E-state index in [4.69, 9.17) is 0 Å². The first-order valence-electron chi connectivity index (χ1n) is 7.98. The molecule has 0 saturated carbocycles. The Balaban J connectivity index is 2.27. The van der Waals surface area contributed by atoms with Crippen molar-refractivity contribution >= 4 is 9.84 Å². The second-order valence-electron chi connectivity index (χ2n) is 7.35. The Kier molecular flexibility index (Phi) is 5.00. The van der Waals surface area contributed by atoms with Crippen LogP contribution in [-0.4, -0.2) is 17.9 Å². The van der Waals surface area contributed by atoms with Crippen molar-refractivity contribution in [3.05, 3.63) is 71.8 Å². The van der Waals surface area contributed by atoms with E-state index in [0.29, 0.717) is 12.8 Å². The molecule has 0 spiro atoms. The van der Waals surface area contributed by atoms with Crippen LogP contribution in [0, 0.1) is 0 Å². The molecule has 0 fully saturated rings. The van der Waals surface area contributed by atoms with E-state index in [2.05, 4.69) is 0 Å². The molecule has 2 rings (SSSR count). The highest BCUT2D eigenvalue weighted by atomic mass is 32.2. The molecule has 0 radical (unpaired) electrons. The summed E-state index contributed by atoms with van der Waals surface area (Å²) in [6, 6.07) is 19.7. The van der Waals surface area contributed by atoms with Gasteiger partial charge in [-0.3, -0.25) is 0 Å². The zero-order valence-corrected chi connectivity index (χ0v) is 15.2. The van der Waals surface area contributed by atoms with E-state index in [0.717, 1.165) is 11.1 Å². The fraction of sp³-hybridized carbons (Fsp3) is 0.400. The monoisotopic (exact) mass is 330 g/mol. The first kappa shape index (κ1) is 17.7. The van der Waals surface area contributed by atoms with Gasteiger partial charge in [-0.25, -0.2) is 8.42 Å². The summed E-state index contributed by atoms with van der Waals surface area (Å²) in [7, 11) is -3.33. The van der Waals surface area contributed by atoms with Gasteiger partial charge in [0.05, 0.1) is 9.49 Å². The van der Waals surface area contributed by atoms with E-state index in [1.165, 1.54) is 0 Å². The van der Waals surface area contributed by atoms with Gasteiger partial charge in [-0.2, -0.15) is 0 Å². The van der Waals surface area contributed by atoms with Crippen molar-refractivity contribution in [3.8, 4) is 0 Å². The van der Waals surface area contributed by atoms with Crippen LogP contribution in [-0.2, 0) is 22.7 Å². The minimum Gasteiger partial charge on any atom is -0.228 e. The van der Waals surface area contributed by atoms with Crippen molar-refractivity contribution in [2.45, 2.75) is 50.0 Å². The Morgan fingerprint density at radius 1 is 0.652 bits per heavy atom. The molecule has 2 aromatic carbocycles. The van der Waals surface area contributed by atoms with Crippen molar-refractivity contribution < 1.29 is 8.42 Å². The number of benzene rings is 2. The molecule has 0 bridgehead atoms. The fourth-order valence-electron chi connectivity index (χ4n) is 3.11. The van der Waals surface area contributed by atoms with E-state index in [1.54, 1.807) is 0 Å². The van der Waals surface area contributed by atoms with Crippen LogP contribution in [0.5, 0.6) is 0 Å². The first-order valence-corrected chi connectivity index (χ1v) is 9.46. The van der Waals surface area contributed by atoms with Crippen LogP contribution in [0.3, 0.4) is 0 Å². The quantitative estimate of drug-likeness (QED) is 0.784. The van der Waals surface area contributed by atoms with Crippen molar-refractivity contribution in [1.82, 2.24) is 0 Å². The molecule has 0 aliphatic rings. The van der Waals surface area contributed by atoms with Gasteiger partial charge in [0, 0.05) is 0 Å². The summed E-state index contributed by atoms with van der Waals surface area (Å²) in [6.07, 6.45) is 1.04. The molecule has 2 aromatic rings. The minimum absolute atomic E-state index is 0.522. The number of rotatable bonds is 6. The third-order valence-electron chi connectivity index (χ3n) is 4.40. The van der Waals surface area contributed by atoms with E-state index in [9.17, 15) is 8.42 Å². The average molecular weight is 330 g/mol. The Morgan fingerprint density at radius 2 is 0.957 bits per heavy atom. The predicted molar refractivity (Wildman–Crippen MR) is 97.4 cm³/mol. The third kappa shape index (κ3) is 3.84. The van der Waals surface area contributed by atoms with Gasteiger partial charge < -0.3 is 0 Å². The maximum absolute atomic E-state index is 13.3. The molecular weight excluding hydrogens is 304 g/mol. The molecule has 3 heteroatoms. The molecule has 0 heterocycles. The molecule has 23 heavy (non-hydrogen) atoms. The predicted octanol–water partition coefficient (Wildman–Crippen LogP) is 4.44. The van der Waals surface area contributed by atoms with Crippen LogP contribution in [0.15, 0.2) is 60.7 Å². The number of sulfone groups is 1. The molecule has 0 saturated heterocycles. The summed E-state index contributed by atoms with van der Waals surface area (Å²) < 4.78 is 24.9. The normalized spacial score (nSPS) is 13.0. The summed E-state index contributed by atoms with van der Waals surface area (Å²) >= 11 is 0. The summed E-state index contributed by atoms with van der Waals surface area (Å²) in [5, 5.41) is 0. The lowest BCUT2D eigenvalue weighted by Crippen LogP contribution is -2.48. The fourth-order valence-corrected chi connectivity index (χ4v) is 5.32. The van der Waals surface area contributed by atoms with Gasteiger partial charge in [0.2, 0.25) is 0 Å². The summed E-state index contributed by atoms with van der Waals surface area (Å²) in [6.45, 7) is 7.34. The highest BCUT2D eigenvalue weighted by molar-refractivity contribution is 7.94. The van der Waals surface area contributed by atoms with E-state index < -0.39 is 19.3 Å². The van der Waals surface area contributed by atoms with Gasteiger partial charge >= 0.3 is 0 Å². The van der Waals surface area contributed by atoms with Crippen molar-refractivity contribution in [3.63, 3.8) is 0 Å². The number of hydrogen-bond acceptors (Lipinski definition) is 2. The highest BCUT2D eigenvalue weighted by Gasteiger charge is 2.45. The molecule has 124 valence electrons. The standard InChI is InChI=1S/C20H26O2S/c1-19(2,15-17-11-7-5-8-12-17)23(21,22)20(3,4)16-18-13-9-6-10-14-18/h5-14H,15-16H2,1-4H3. The number of hydrogen-bond donors (Lipinski definition) is 0. The van der Waals surface area contributed by atoms with Crippen molar-refractivity contribution in [1.29, 1.82) is 0 Å². The SMILES string of the molecule is CC(C)(Cc1ccccc1)S(=O)(=O)C(C)(C)Cc1ccccc1. The Morgan fingerprint density at radius 3 is 1.26 bits per heavy atom. The van der Waals surface area contributed by atoms with Gasteiger partial charge in [0.1, 0.15) is 0 Å². The molecule has 0 N–H and O–H groups in total. The molecule has 0 aromatic heterocycles. The zero-order valence-electron chi connectivity index (χ0n) is 14.4. The lowest BCUT2D eigenvalue weighted by molar-refractivity contribution is 0.498. The first-order chi connectivity index (χ1) is 10.7. The topological polar surface area (TPSA) is 34.1 Å². The Labute approximate surface area is 140 Å². The van der Waals surface area contributed by atoms with Crippen molar-refractivity contribution in [2.75, 3.05) is 0 Å². The molecule has 0 aliphatic heterocycles. The van der Waals surface area contributed by atoms with Crippen LogP contribution in [0.4, 0.5) is 0 Å². The highest BCUT2D eigenvalue weighted by Crippen LogP contribution is 2.34. The van der Waals surface area contributed by atoms with Crippen LogP contribution < -0.4 is 0 Å². The van der Waals surface area contributed by atoms with Crippen LogP contribution in [0.2, 0.25) is 0 Å². The summed E-state index contributed by atoms with van der Waals surface area (Å²) in [4.78, 5) is 0. The maximum atomic E-state index is 13.3. The van der Waals surface area contributed by atoms with Crippen LogP contribution in [0.1, 0.15) is 38.8 Å². The summed E-state index contributed by atoms with van der Waals surface area (Å²) in [5.41, 5.74) is 2.10. The van der Waals surface area contributed by atoms with Crippen LogP contribution in [0.25, 0.3) is 0 Å². The zero-order chi connectivity index (χ0) is 17.1.